The predicted molar refractivity (Wildman–Crippen MR) is 133 cm³/mol. The van der Waals surface area contributed by atoms with Crippen molar-refractivity contribution >= 4 is 41.0 Å². The first kappa shape index (κ1) is 26.8. The van der Waals surface area contributed by atoms with Crippen LogP contribution in [0.3, 0.4) is 0 Å². The van der Waals surface area contributed by atoms with Crippen molar-refractivity contribution in [3.63, 3.8) is 0 Å². The molecule has 0 aliphatic carbocycles. The van der Waals surface area contributed by atoms with Crippen molar-refractivity contribution in [3.05, 3.63) is 52.6 Å². The molecule has 2 amide bonds. The van der Waals surface area contributed by atoms with Crippen LogP contribution in [0.2, 0.25) is 5.02 Å². The van der Waals surface area contributed by atoms with Crippen molar-refractivity contribution in [2.45, 2.75) is 38.1 Å². The fourth-order valence-electron chi connectivity index (χ4n) is 4.32. The van der Waals surface area contributed by atoms with Crippen LogP contribution in [0.5, 0.6) is 0 Å². The first-order valence-electron chi connectivity index (χ1n) is 11.5. The Hall–Kier alpha value is -2.75. The molecule has 1 heterocycles. The van der Waals surface area contributed by atoms with E-state index in [2.05, 4.69) is 10.6 Å². The van der Waals surface area contributed by atoms with E-state index in [1.807, 2.05) is 11.8 Å². The summed E-state index contributed by atoms with van der Waals surface area (Å²) in [6.45, 7) is 3.75. The zero-order chi connectivity index (χ0) is 25.4. The van der Waals surface area contributed by atoms with Crippen LogP contribution in [-0.4, -0.2) is 51.8 Å². The maximum absolute atomic E-state index is 15.7. The number of carbonyl (C=O) groups excluding carboxylic acids is 2. The van der Waals surface area contributed by atoms with E-state index < -0.39 is 23.6 Å². The normalized spacial score (nSPS) is 14.9. The van der Waals surface area contributed by atoms with Crippen LogP contribution in [0.25, 0.3) is 0 Å². The molecule has 0 radical (unpaired) electrons. The lowest BCUT2D eigenvalue weighted by molar-refractivity contribution is -0.108. The molecule has 3 rings (SSSR count). The minimum atomic E-state index is -0.745. The third-order valence-electron chi connectivity index (χ3n) is 5.99. The molecular weight excluding hydrogens is 480 g/mol. The highest BCUT2D eigenvalue weighted by molar-refractivity contribution is 6.30. The predicted octanol–water partition coefficient (Wildman–Crippen LogP) is 5.59. The first-order valence-corrected chi connectivity index (χ1v) is 11.9. The van der Waals surface area contributed by atoms with Crippen LogP contribution in [0.15, 0.2) is 30.3 Å². The average molecular weight is 510 g/mol. The molecule has 35 heavy (non-hydrogen) atoms. The number of halogens is 3. The van der Waals surface area contributed by atoms with Gasteiger partial charge in [-0.25, -0.2) is 13.6 Å². The number of methoxy groups -OCH3 is 1. The van der Waals surface area contributed by atoms with Crippen molar-refractivity contribution in [2.75, 3.05) is 49.0 Å². The lowest BCUT2D eigenvalue weighted by Crippen LogP contribution is -2.40. The zero-order valence-corrected chi connectivity index (χ0v) is 20.5. The molecule has 1 aliphatic rings. The van der Waals surface area contributed by atoms with E-state index in [0.29, 0.717) is 38.2 Å². The second-order valence-corrected chi connectivity index (χ2v) is 8.72. The van der Waals surface area contributed by atoms with Gasteiger partial charge in [-0.3, -0.25) is 0 Å². The number of nitrogens with one attached hydrogen (secondary N) is 2. The monoisotopic (exact) mass is 509 g/mol. The SMILES string of the molecule is CCN(c1c(F)cc(C(CC=O)COC)cc1NC(=O)Nc1ccc(Cl)cc1F)C1CCOCC1. The van der Waals surface area contributed by atoms with Gasteiger partial charge in [0.05, 0.1) is 23.7 Å². The largest absolute Gasteiger partial charge is 0.384 e. The van der Waals surface area contributed by atoms with E-state index in [0.717, 1.165) is 12.4 Å². The van der Waals surface area contributed by atoms with Gasteiger partial charge in [0, 0.05) is 50.3 Å². The molecule has 2 N–H and O–H groups in total. The van der Waals surface area contributed by atoms with E-state index in [9.17, 15) is 14.0 Å². The summed E-state index contributed by atoms with van der Waals surface area (Å²) in [6, 6.07) is 6.18. The second-order valence-electron chi connectivity index (χ2n) is 8.29. The molecule has 1 unspecified atom stereocenters. The number of hydrogen-bond donors (Lipinski definition) is 2. The number of hydrogen-bond acceptors (Lipinski definition) is 5. The molecule has 10 heteroatoms. The quantitative estimate of drug-likeness (QED) is 0.408. The fourth-order valence-corrected chi connectivity index (χ4v) is 4.48. The molecule has 1 fully saturated rings. The number of carbonyl (C=O) groups is 2. The van der Waals surface area contributed by atoms with Gasteiger partial charge in [-0.2, -0.15) is 0 Å². The molecule has 0 bridgehead atoms. The van der Waals surface area contributed by atoms with Crippen LogP contribution in [0.1, 0.15) is 37.7 Å². The van der Waals surface area contributed by atoms with E-state index in [1.54, 1.807) is 6.07 Å². The number of benzene rings is 2. The summed E-state index contributed by atoms with van der Waals surface area (Å²) in [4.78, 5) is 26.0. The molecule has 1 atom stereocenters. The minimum absolute atomic E-state index is 0.0242. The summed E-state index contributed by atoms with van der Waals surface area (Å²) < 4.78 is 40.5. The molecule has 1 saturated heterocycles. The van der Waals surface area contributed by atoms with Gasteiger partial charge in [-0.1, -0.05) is 11.6 Å². The number of anilines is 3. The average Bonchev–Trinajstić information content (AvgIpc) is 2.83. The van der Waals surface area contributed by atoms with Gasteiger partial charge in [-0.15, -0.1) is 0 Å². The van der Waals surface area contributed by atoms with Gasteiger partial charge in [-0.05, 0) is 55.7 Å². The van der Waals surface area contributed by atoms with Crippen molar-refractivity contribution < 1.29 is 27.8 Å². The zero-order valence-electron chi connectivity index (χ0n) is 19.8. The second kappa shape index (κ2) is 12.8. The van der Waals surface area contributed by atoms with Crippen molar-refractivity contribution in [3.8, 4) is 0 Å². The maximum atomic E-state index is 15.7. The lowest BCUT2D eigenvalue weighted by atomic mass is 9.95. The van der Waals surface area contributed by atoms with E-state index in [1.165, 1.54) is 25.3 Å². The standard InChI is InChI=1S/C25H30ClF2N3O4/c1-3-31(19-7-10-35-11-8-19)24-21(28)12-17(16(6-9-32)15-34-2)13-23(24)30-25(33)29-22-5-4-18(26)14-20(22)27/h4-5,9,12-14,16,19H,3,6-8,10-11,15H2,1-2H3,(H2,29,30,33). The molecule has 1 aliphatic heterocycles. The topological polar surface area (TPSA) is 79.9 Å². The highest BCUT2D eigenvalue weighted by Crippen LogP contribution is 2.37. The Morgan fingerprint density at radius 3 is 2.54 bits per heavy atom. The Bertz CT molecular complexity index is 1030. The number of nitrogens with zero attached hydrogens (tertiary/aromatic N) is 1. The summed E-state index contributed by atoms with van der Waals surface area (Å²) in [5.74, 6) is -1.62. The Morgan fingerprint density at radius 1 is 1.20 bits per heavy atom. The Kier molecular flexibility index (Phi) is 9.83. The van der Waals surface area contributed by atoms with Crippen LogP contribution in [0.4, 0.5) is 30.6 Å². The maximum Gasteiger partial charge on any atom is 0.323 e. The molecule has 0 saturated carbocycles. The summed E-state index contributed by atoms with van der Waals surface area (Å²) in [7, 11) is 1.50. The number of rotatable bonds is 10. The van der Waals surface area contributed by atoms with E-state index >= 15 is 4.39 Å². The third-order valence-corrected chi connectivity index (χ3v) is 6.23. The van der Waals surface area contributed by atoms with E-state index in [4.69, 9.17) is 21.1 Å². The summed E-state index contributed by atoms with van der Waals surface area (Å²) >= 11 is 5.79. The fraction of sp³-hybridized carbons (Fsp3) is 0.440. The van der Waals surface area contributed by atoms with Crippen LogP contribution in [-0.2, 0) is 14.3 Å². The van der Waals surface area contributed by atoms with Crippen molar-refractivity contribution in [1.82, 2.24) is 0 Å². The van der Waals surface area contributed by atoms with Crippen molar-refractivity contribution in [2.24, 2.45) is 0 Å². The van der Waals surface area contributed by atoms with Crippen LogP contribution in [0, 0.1) is 11.6 Å². The Labute approximate surface area is 208 Å². The molecule has 190 valence electrons. The molecule has 2 aromatic rings. The number of urea groups is 1. The van der Waals surface area contributed by atoms with Gasteiger partial charge in [0.15, 0.2) is 0 Å². The Balaban J connectivity index is 1.99. The minimum Gasteiger partial charge on any atom is -0.384 e. The van der Waals surface area contributed by atoms with Gasteiger partial charge in [0.2, 0.25) is 0 Å². The first-order chi connectivity index (χ1) is 16.9. The number of amides is 2. The molecule has 7 nitrogen and oxygen atoms in total. The van der Waals surface area contributed by atoms with Gasteiger partial charge < -0.3 is 29.8 Å². The highest BCUT2D eigenvalue weighted by Gasteiger charge is 2.27. The Morgan fingerprint density at radius 2 is 1.91 bits per heavy atom. The van der Waals surface area contributed by atoms with Crippen LogP contribution < -0.4 is 15.5 Å². The number of aldehydes is 1. The van der Waals surface area contributed by atoms with E-state index in [-0.39, 0.29) is 41.2 Å². The van der Waals surface area contributed by atoms with Gasteiger partial charge in [0.25, 0.3) is 0 Å². The highest BCUT2D eigenvalue weighted by atomic mass is 35.5. The van der Waals surface area contributed by atoms with Gasteiger partial charge in [0.1, 0.15) is 17.9 Å². The summed E-state index contributed by atoms with van der Waals surface area (Å²) in [6.07, 6.45) is 2.31. The molecule has 0 aromatic heterocycles. The molecule has 0 spiro atoms. The van der Waals surface area contributed by atoms with Gasteiger partial charge >= 0.3 is 6.03 Å². The summed E-state index contributed by atoms with van der Waals surface area (Å²) in [5, 5.41) is 5.32. The smallest absolute Gasteiger partial charge is 0.323 e. The van der Waals surface area contributed by atoms with Crippen LogP contribution >= 0.6 is 11.6 Å². The molecule has 2 aromatic carbocycles. The molecular formula is C25H30ClF2N3O4. The summed E-state index contributed by atoms with van der Waals surface area (Å²) in [5.41, 5.74) is 0.889. The lowest BCUT2D eigenvalue weighted by Gasteiger charge is -2.37. The number of ether oxygens (including phenoxy) is 2. The van der Waals surface area contributed by atoms with Crippen molar-refractivity contribution in [1.29, 1.82) is 0 Å². The third kappa shape index (κ3) is 6.90.